The van der Waals surface area contributed by atoms with Gasteiger partial charge in [-0.25, -0.2) is 4.79 Å². The number of carboxylic acids is 1. The Kier molecular flexibility index (Phi) is 9.25. The third-order valence-electron chi connectivity index (χ3n) is 6.29. The van der Waals surface area contributed by atoms with Gasteiger partial charge in [-0.2, -0.15) is 0 Å². The Balaban J connectivity index is 1.54. The Morgan fingerprint density at radius 3 is 2.17 bits per heavy atom. The van der Waals surface area contributed by atoms with Crippen LogP contribution in [0.25, 0.3) is 11.1 Å². The first kappa shape index (κ1) is 26.2. The number of carbonyl (C=O) groups excluding carboxylic acids is 2. The third-order valence-corrected chi connectivity index (χ3v) is 6.29. The molecular formula is C27H35N3O5. The van der Waals surface area contributed by atoms with Gasteiger partial charge in [-0.15, -0.1) is 0 Å². The molecule has 1 aliphatic carbocycles. The minimum atomic E-state index is -0.820. The van der Waals surface area contributed by atoms with E-state index in [0.29, 0.717) is 25.9 Å². The Labute approximate surface area is 206 Å². The molecule has 3 N–H and O–H groups in total. The number of benzene rings is 2. The molecule has 0 fully saturated rings. The van der Waals surface area contributed by atoms with Gasteiger partial charge in [-0.05, 0) is 55.1 Å². The van der Waals surface area contributed by atoms with E-state index in [-0.39, 0.29) is 30.8 Å². The molecule has 0 heterocycles. The predicted octanol–water partition coefficient (Wildman–Crippen LogP) is 3.46. The first-order valence-electron chi connectivity index (χ1n) is 12.0. The number of nitrogens with one attached hydrogen (secondary N) is 2. The first-order chi connectivity index (χ1) is 16.8. The number of amides is 2. The summed E-state index contributed by atoms with van der Waals surface area (Å²) < 4.78 is 5.59. The summed E-state index contributed by atoms with van der Waals surface area (Å²) in [6, 6.07) is 15.5. The van der Waals surface area contributed by atoms with Crippen molar-refractivity contribution in [3.05, 3.63) is 59.7 Å². The van der Waals surface area contributed by atoms with Gasteiger partial charge in [0.15, 0.2) is 0 Å². The zero-order valence-corrected chi connectivity index (χ0v) is 20.6. The van der Waals surface area contributed by atoms with Crippen molar-refractivity contribution in [1.82, 2.24) is 15.5 Å². The number of rotatable bonds is 12. The summed E-state index contributed by atoms with van der Waals surface area (Å²) in [5.74, 6) is -0.993. The summed E-state index contributed by atoms with van der Waals surface area (Å²) in [6.07, 6.45) is 0.703. The van der Waals surface area contributed by atoms with E-state index >= 15 is 0 Å². The fourth-order valence-corrected chi connectivity index (χ4v) is 4.42. The van der Waals surface area contributed by atoms with Gasteiger partial charge in [0.2, 0.25) is 5.91 Å². The molecule has 0 spiro atoms. The molecular weight excluding hydrogens is 446 g/mol. The summed E-state index contributed by atoms with van der Waals surface area (Å²) in [7, 11) is 3.65. The predicted molar refractivity (Wildman–Crippen MR) is 134 cm³/mol. The zero-order chi connectivity index (χ0) is 25.4. The van der Waals surface area contributed by atoms with Gasteiger partial charge in [0.05, 0.1) is 0 Å². The lowest BCUT2D eigenvalue weighted by Crippen LogP contribution is -2.52. The molecule has 0 aliphatic heterocycles. The lowest BCUT2D eigenvalue weighted by atomic mass is 9.98. The van der Waals surface area contributed by atoms with Gasteiger partial charge >= 0.3 is 12.1 Å². The van der Waals surface area contributed by atoms with Crippen LogP contribution in [0.1, 0.15) is 43.2 Å². The Morgan fingerprint density at radius 2 is 1.60 bits per heavy atom. The van der Waals surface area contributed by atoms with Gasteiger partial charge in [0.25, 0.3) is 0 Å². The molecule has 8 heteroatoms. The fourth-order valence-electron chi connectivity index (χ4n) is 4.42. The molecule has 0 saturated heterocycles. The van der Waals surface area contributed by atoms with Crippen molar-refractivity contribution in [3.63, 3.8) is 0 Å². The number of alkyl carbamates (subject to hydrolysis) is 1. The number of fused-ring (bicyclic) bond motifs is 3. The molecule has 2 aromatic carbocycles. The average Bonchev–Trinajstić information content (AvgIpc) is 3.14. The number of carboxylic acid groups (broad SMARTS) is 1. The van der Waals surface area contributed by atoms with Crippen LogP contribution in [0.3, 0.4) is 0 Å². The molecule has 2 amide bonds. The van der Waals surface area contributed by atoms with Crippen LogP contribution in [0, 0.1) is 5.92 Å². The van der Waals surface area contributed by atoms with E-state index in [1.807, 2.05) is 50.2 Å². The van der Waals surface area contributed by atoms with Gasteiger partial charge in [0, 0.05) is 25.4 Å². The van der Waals surface area contributed by atoms with E-state index in [2.05, 4.69) is 34.9 Å². The van der Waals surface area contributed by atoms with E-state index in [4.69, 9.17) is 9.84 Å². The van der Waals surface area contributed by atoms with Gasteiger partial charge in [-0.1, -0.05) is 55.5 Å². The van der Waals surface area contributed by atoms with Crippen molar-refractivity contribution in [1.29, 1.82) is 0 Å². The van der Waals surface area contributed by atoms with Crippen LogP contribution in [0.5, 0.6) is 0 Å². The second-order valence-electron chi connectivity index (χ2n) is 9.40. The molecule has 8 nitrogen and oxygen atoms in total. The monoisotopic (exact) mass is 481 g/mol. The lowest BCUT2D eigenvalue weighted by molar-refractivity contribution is -0.137. The number of ether oxygens (including phenoxy) is 1. The Hall–Kier alpha value is -3.39. The summed E-state index contributed by atoms with van der Waals surface area (Å²) in [5, 5.41) is 14.4. The quantitative estimate of drug-likeness (QED) is 0.429. The van der Waals surface area contributed by atoms with Crippen LogP contribution < -0.4 is 10.6 Å². The smallest absolute Gasteiger partial charge is 0.407 e. The van der Waals surface area contributed by atoms with E-state index in [9.17, 15) is 14.4 Å². The number of carbonyl (C=O) groups is 3. The maximum Gasteiger partial charge on any atom is 0.407 e. The molecule has 35 heavy (non-hydrogen) atoms. The van der Waals surface area contributed by atoms with E-state index in [1.165, 1.54) is 0 Å². The first-order valence-corrected chi connectivity index (χ1v) is 12.0. The second-order valence-corrected chi connectivity index (χ2v) is 9.40. The van der Waals surface area contributed by atoms with Gasteiger partial charge in [-0.3, -0.25) is 9.59 Å². The molecule has 0 radical (unpaired) electrons. The maximum absolute atomic E-state index is 12.7. The van der Waals surface area contributed by atoms with Crippen molar-refractivity contribution in [2.24, 2.45) is 5.92 Å². The highest BCUT2D eigenvalue weighted by atomic mass is 16.5. The lowest BCUT2D eigenvalue weighted by Gasteiger charge is -2.22. The van der Waals surface area contributed by atoms with Crippen molar-refractivity contribution in [2.75, 3.05) is 33.8 Å². The third kappa shape index (κ3) is 7.29. The molecule has 0 aromatic heterocycles. The van der Waals surface area contributed by atoms with Crippen molar-refractivity contribution >= 4 is 18.0 Å². The number of hydrogen-bond donors (Lipinski definition) is 3. The average molecular weight is 482 g/mol. The number of aliphatic carboxylic acids is 1. The van der Waals surface area contributed by atoms with E-state index in [1.54, 1.807) is 0 Å². The summed E-state index contributed by atoms with van der Waals surface area (Å²) in [6.45, 7) is 2.87. The Morgan fingerprint density at radius 1 is 1.00 bits per heavy atom. The number of hydrogen-bond acceptors (Lipinski definition) is 5. The van der Waals surface area contributed by atoms with E-state index < -0.39 is 18.1 Å². The summed E-state index contributed by atoms with van der Waals surface area (Å²) in [5.41, 5.74) is 4.56. The number of nitrogens with zero attached hydrogens (tertiary/aromatic N) is 1. The highest BCUT2D eigenvalue weighted by Gasteiger charge is 2.30. The minimum Gasteiger partial charge on any atom is -0.481 e. The fraction of sp³-hybridized carbons (Fsp3) is 0.444. The van der Waals surface area contributed by atoms with Crippen LogP contribution in [0.4, 0.5) is 4.79 Å². The largest absolute Gasteiger partial charge is 0.481 e. The number of likely N-dealkylation sites (N-methyl/N-ethyl adjacent to an activating group) is 1. The molecule has 3 rings (SSSR count). The van der Waals surface area contributed by atoms with Gasteiger partial charge in [0.1, 0.15) is 12.6 Å². The molecule has 1 aliphatic rings. The molecule has 1 unspecified atom stereocenters. The molecule has 2 aromatic rings. The summed E-state index contributed by atoms with van der Waals surface area (Å²) >= 11 is 0. The zero-order valence-electron chi connectivity index (χ0n) is 20.6. The minimum absolute atomic E-state index is 0.0541. The summed E-state index contributed by atoms with van der Waals surface area (Å²) in [4.78, 5) is 37.9. The topological polar surface area (TPSA) is 108 Å². The van der Waals surface area contributed by atoms with Gasteiger partial charge < -0.3 is 25.4 Å². The SMILES string of the molecule is CC(CCNC(=O)[C@H](CN(C)C)NC(=O)OCC1c2ccccc2-c2ccccc21)CCC(=O)O. The Bertz CT molecular complexity index is 993. The van der Waals surface area contributed by atoms with E-state index in [0.717, 1.165) is 22.3 Å². The van der Waals surface area contributed by atoms with Crippen LogP contribution in [0.2, 0.25) is 0 Å². The van der Waals surface area contributed by atoms with Crippen molar-refractivity contribution < 1.29 is 24.2 Å². The van der Waals surface area contributed by atoms with Crippen LogP contribution >= 0.6 is 0 Å². The second kappa shape index (κ2) is 12.4. The highest BCUT2D eigenvalue weighted by Crippen LogP contribution is 2.44. The molecule has 0 saturated carbocycles. The molecule has 188 valence electrons. The van der Waals surface area contributed by atoms with Crippen LogP contribution in [0.15, 0.2) is 48.5 Å². The van der Waals surface area contributed by atoms with Crippen molar-refractivity contribution in [3.8, 4) is 11.1 Å². The highest BCUT2D eigenvalue weighted by molar-refractivity contribution is 5.86. The van der Waals surface area contributed by atoms with Crippen LogP contribution in [-0.4, -0.2) is 67.8 Å². The maximum atomic E-state index is 12.7. The van der Waals surface area contributed by atoms with Crippen LogP contribution in [-0.2, 0) is 14.3 Å². The normalized spacial score (nSPS) is 14.1. The molecule has 2 atom stereocenters. The van der Waals surface area contributed by atoms with Crippen molar-refractivity contribution in [2.45, 2.75) is 38.1 Å². The standard InChI is InChI=1S/C27H35N3O5/c1-18(12-13-25(31)32)14-15-28-26(33)24(16-30(2)3)29-27(34)35-17-23-21-10-6-4-8-19(21)20-9-5-7-11-22(20)23/h4-11,18,23-24H,12-17H2,1-3H3,(H,28,33)(H,29,34)(H,31,32)/t18?,24-/m0/s1. The molecule has 0 bridgehead atoms.